The molecule has 1 unspecified atom stereocenters. The SMILES string of the molecule is C=C(C)C#CC(CNS(=O)(=O)c1ccc(C)cc1)c1ccccc1. The Morgan fingerprint density at radius 1 is 1.12 bits per heavy atom. The Hall–Kier alpha value is -2.35. The number of rotatable bonds is 5. The molecule has 0 amide bonds. The van der Waals surface area contributed by atoms with Gasteiger partial charge in [-0.1, -0.05) is 66.4 Å². The van der Waals surface area contributed by atoms with Gasteiger partial charge in [-0.15, -0.1) is 0 Å². The van der Waals surface area contributed by atoms with Crippen LogP contribution >= 0.6 is 0 Å². The maximum Gasteiger partial charge on any atom is 0.240 e. The molecule has 0 aromatic heterocycles. The molecule has 0 aliphatic rings. The van der Waals surface area contributed by atoms with Crippen molar-refractivity contribution in [3.05, 3.63) is 77.9 Å². The highest BCUT2D eigenvalue weighted by Gasteiger charge is 2.16. The van der Waals surface area contributed by atoms with Crippen molar-refractivity contribution in [2.75, 3.05) is 6.54 Å². The minimum absolute atomic E-state index is 0.209. The fraction of sp³-hybridized carbons (Fsp3) is 0.200. The van der Waals surface area contributed by atoms with E-state index in [1.807, 2.05) is 44.2 Å². The molecule has 124 valence electrons. The van der Waals surface area contributed by atoms with Crippen LogP contribution < -0.4 is 4.72 Å². The molecule has 4 heteroatoms. The Kier molecular flexibility index (Phi) is 5.97. The van der Waals surface area contributed by atoms with Gasteiger partial charge in [0.25, 0.3) is 0 Å². The second-order valence-corrected chi connectivity index (χ2v) is 7.44. The van der Waals surface area contributed by atoms with Crippen molar-refractivity contribution in [1.29, 1.82) is 0 Å². The van der Waals surface area contributed by atoms with E-state index >= 15 is 0 Å². The Bertz CT molecular complexity index is 857. The van der Waals surface area contributed by atoms with E-state index in [9.17, 15) is 8.42 Å². The van der Waals surface area contributed by atoms with Gasteiger partial charge in [0.05, 0.1) is 10.8 Å². The van der Waals surface area contributed by atoms with Gasteiger partial charge in [-0.2, -0.15) is 0 Å². The van der Waals surface area contributed by atoms with E-state index in [-0.39, 0.29) is 17.4 Å². The zero-order valence-electron chi connectivity index (χ0n) is 13.9. The van der Waals surface area contributed by atoms with Crippen LogP contribution in [0.15, 0.2) is 71.6 Å². The van der Waals surface area contributed by atoms with E-state index in [2.05, 4.69) is 23.1 Å². The van der Waals surface area contributed by atoms with Crippen molar-refractivity contribution in [3.8, 4) is 11.8 Å². The predicted molar refractivity (Wildman–Crippen MR) is 98.1 cm³/mol. The summed E-state index contributed by atoms with van der Waals surface area (Å²) in [6.45, 7) is 7.73. The summed E-state index contributed by atoms with van der Waals surface area (Å²) in [6.07, 6.45) is 0. The molecule has 24 heavy (non-hydrogen) atoms. The molecule has 0 heterocycles. The van der Waals surface area contributed by atoms with Gasteiger partial charge in [0.15, 0.2) is 0 Å². The van der Waals surface area contributed by atoms with Gasteiger partial charge in [-0.25, -0.2) is 13.1 Å². The highest BCUT2D eigenvalue weighted by molar-refractivity contribution is 7.89. The first-order valence-corrected chi connectivity index (χ1v) is 9.15. The largest absolute Gasteiger partial charge is 0.240 e. The standard InChI is InChI=1S/C20H21NO2S/c1-16(2)9-12-19(18-7-5-4-6-8-18)15-21-24(22,23)20-13-10-17(3)11-14-20/h4-8,10-11,13-14,19,21H,1,15H2,2-3H3. The first-order valence-electron chi connectivity index (χ1n) is 7.67. The van der Waals surface area contributed by atoms with Gasteiger partial charge in [-0.05, 0) is 37.1 Å². The third kappa shape index (κ3) is 5.09. The Labute approximate surface area is 144 Å². The molecule has 3 nitrogen and oxygen atoms in total. The molecule has 1 N–H and O–H groups in total. The maximum atomic E-state index is 12.4. The summed E-state index contributed by atoms with van der Waals surface area (Å²) in [4.78, 5) is 0.257. The normalized spacial score (nSPS) is 12.1. The summed E-state index contributed by atoms with van der Waals surface area (Å²) in [5, 5.41) is 0. The van der Waals surface area contributed by atoms with E-state index in [0.29, 0.717) is 0 Å². The summed E-state index contributed by atoms with van der Waals surface area (Å²) in [5.41, 5.74) is 2.73. The average Bonchev–Trinajstić information content (AvgIpc) is 2.56. The Balaban J connectivity index is 2.20. The fourth-order valence-corrected chi connectivity index (χ4v) is 3.19. The molecule has 0 bridgehead atoms. The minimum atomic E-state index is -3.56. The number of benzene rings is 2. The second kappa shape index (κ2) is 7.96. The van der Waals surface area contributed by atoms with Crippen LogP contribution in [0.4, 0.5) is 0 Å². The molecular weight excluding hydrogens is 318 g/mol. The van der Waals surface area contributed by atoms with Crippen LogP contribution in [0.3, 0.4) is 0 Å². The van der Waals surface area contributed by atoms with E-state index in [0.717, 1.165) is 16.7 Å². The number of aryl methyl sites for hydroxylation is 1. The molecule has 2 rings (SSSR count). The van der Waals surface area contributed by atoms with Crippen LogP contribution in [-0.4, -0.2) is 15.0 Å². The molecule has 0 saturated heterocycles. The minimum Gasteiger partial charge on any atom is -0.210 e. The number of hydrogen-bond donors (Lipinski definition) is 1. The van der Waals surface area contributed by atoms with E-state index in [4.69, 9.17) is 0 Å². The van der Waals surface area contributed by atoms with Crippen LogP contribution in [-0.2, 0) is 10.0 Å². The summed E-state index contributed by atoms with van der Waals surface area (Å²) in [6, 6.07) is 16.4. The van der Waals surface area contributed by atoms with Crippen LogP contribution in [0.5, 0.6) is 0 Å². The van der Waals surface area contributed by atoms with Crippen molar-refractivity contribution in [1.82, 2.24) is 4.72 Å². The van der Waals surface area contributed by atoms with Gasteiger partial charge in [0.1, 0.15) is 0 Å². The molecule has 0 spiro atoms. The summed E-state index contributed by atoms with van der Waals surface area (Å²) >= 11 is 0. The first-order chi connectivity index (χ1) is 11.4. The lowest BCUT2D eigenvalue weighted by atomic mass is 10.00. The predicted octanol–water partition coefficient (Wildman–Crippen LogP) is 3.64. The van der Waals surface area contributed by atoms with Gasteiger partial charge in [-0.3, -0.25) is 0 Å². The summed E-state index contributed by atoms with van der Waals surface area (Å²) < 4.78 is 27.5. The topological polar surface area (TPSA) is 46.2 Å². The van der Waals surface area contributed by atoms with Gasteiger partial charge in [0.2, 0.25) is 10.0 Å². The average molecular weight is 339 g/mol. The molecule has 2 aromatic rings. The first kappa shape index (κ1) is 18.0. The maximum absolute atomic E-state index is 12.4. The van der Waals surface area contributed by atoms with Gasteiger partial charge in [0, 0.05) is 6.54 Å². The smallest absolute Gasteiger partial charge is 0.210 e. The zero-order chi connectivity index (χ0) is 17.6. The second-order valence-electron chi connectivity index (χ2n) is 5.68. The lowest BCUT2D eigenvalue weighted by Gasteiger charge is -2.13. The fourth-order valence-electron chi connectivity index (χ4n) is 2.14. The Morgan fingerprint density at radius 3 is 2.33 bits per heavy atom. The monoisotopic (exact) mass is 339 g/mol. The zero-order valence-corrected chi connectivity index (χ0v) is 14.7. The molecular formula is C20H21NO2S. The van der Waals surface area contributed by atoms with Crippen molar-refractivity contribution in [2.45, 2.75) is 24.7 Å². The lowest BCUT2D eigenvalue weighted by molar-refractivity contribution is 0.579. The van der Waals surface area contributed by atoms with Crippen molar-refractivity contribution in [3.63, 3.8) is 0 Å². The molecule has 0 radical (unpaired) electrons. The molecule has 0 saturated carbocycles. The van der Waals surface area contributed by atoms with Crippen molar-refractivity contribution in [2.24, 2.45) is 0 Å². The molecule has 1 atom stereocenters. The number of hydrogen-bond acceptors (Lipinski definition) is 2. The van der Waals surface area contributed by atoms with E-state index < -0.39 is 10.0 Å². The number of allylic oxidation sites excluding steroid dienone is 1. The van der Waals surface area contributed by atoms with Crippen molar-refractivity contribution >= 4 is 10.0 Å². The highest BCUT2D eigenvalue weighted by atomic mass is 32.2. The van der Waals surface area contributed by atoms with Gasteiger partial charge < -0.3 is 0 Å². The number of nitrogens with one attached hydrogen (secondary N) is 1. The third-order valence-corrected chi connectivity index (χ3v) is 4.91. The quantitative estimate of drug-likeness (QED) is 0.846. The molecule has 0 aliphatic carbocycles. The van der Waals surface area contributed by atoms with E-state index in [1.54, 1.807) is 24.3 Å². The van der Waals surface area contributed by atoms with Crippen molar-refractivity contribution < 1.29 is 8.42 Å². The molecule has 0 aliphatic heterocycles. The highest BCUT2D eigenvalue weighted by Crippen LogP contribution is 2.16. The number of sulfonamides is 1. The van der Waals surface area contributed by atoms with Crippen LogP contribution in [0.2, 0.25) is 0 Å². The van der Waals surface area contributed by atoms with Crippen LogP contribution in [0.1, 0.15) is 24.0 Å². The third-order valence-electron chi connectivity index (χ3n) is 3.47. The molecule has 0 fully saturated rings. The Morgan fingerprint density at radius 2 is 1.75 bits per heavy atom. The van der Waals surface area contributed by atoms with Crippen LogP contribution in [0.25, 0.3) is 0 Å². The van der Waals surface area contributed by atoms with E-state index in [1.165, 1.54) is 0 Å². The summed E-state index contributed by atoms with van der Waals surface area (Å²) in [7, 11) is -3.56. The molecule has 2 aromatic carbocycles. The summed E-state index contributed by atoms with van der Waals surface area (Å²) in [5.74, 6) is 5.81. The lowest BCUT2D eigenvalue weighted by Crippen LogP contribution is -2.28. The van der Waals surface area contributed by atoms with Crippen LogP contribution in [0, 0.1) is 18.8 Å². The van der Waals surface area contributed by atoms with Gasteiger partial charge >= 0.3 is 0 Å².